The molecule has 0 aromatic carbocycles. The van der Waals surface area contributed by atoms with Gasteiger partial charge >= 0.3 is 7.82 Å². The Hall–Kier alpha value is -0.0500. The molecule has 9 heteroatoms. The number of phosphoric ester groups is 1. The second-order valence-corrected chi connectivity index (χ2v) is 4.60. The van der Waals surface area contributed by atoms with Crippen molar-refractivity contribution in [3.8, 4) is 0 Å². The number of aliphatic hydroxyl groups excluding tert-OH is 4. The minimum absolute atomic E-state index is 0.371. The fourth-order valence-electron chi connectivity index (χ4n) is 1.45. The lowest BCUT2D eigenvalue weighted by Crippen LogP contribution is -2.56. The third kappa shape index (κ3) is 3.20. The maximum atomic E-state index is 10.5. The highest BCUT2D eigenvalue weighted by atomic mass is 31.2. The number of hydrogen-bond donors (Lipinski definition) is 6. The van der Waals surface area contributed by atoms with E-state index in [1.165, 1.54) is 0 Å². The number of hydrogen-bond acceptors (Lipinski definition) is 6. The first-order valence-electron chi connectivity index (χ1n) is 4.18. The van der Waals surface area contributed by atoms with Crippen LogP contribution in [0.2, 0.25) is 0 Å². The standard InChI is InChI=1S/C6H13O8P/c7-2-1-3(14-15(11,12)13)5(9)6(10)4(2)8/h2-10H,1H2,(H2,11,12,13)/t2-,3+,4-,5-,6+/m0/s1. The molecule has 1 rings (SSSR count). The van der Waals surface area contributed by atoms with Crippen molar-refractivity contribution in [2.75, 3.05) is 0 Å². The molecule has 0 aromatic rings. The highest BCUT2D eigenvalue weighted by molar-refractivity contribution is 7.46. The van der Waals surface area contributed by atoms with Gasteiger partial charge in [-0.2, -0.15) is 0 Å². The molecule has 0 aliphatic heterocycles. The van der Waals surface area contributed by atoms with Gasteiger partial charge in [0.25, 0.3) is 0 Å². The molecule has 5 atom stereocenters. The van der Waals surface area contributed by atoms with E-state index in [9.17, 15) is 19.9 Å². The molecule has 90 valence electrons. The van der Waals surface area contributed by atoms with Crippen LogP contribution in [0.5, 0.6) is 0 Å². The third-order valence-electron chi connectivity index (χ3n) is 2.22. The van der Waals surface area contributed by atoms with E-state index in [0.717, 1.165) is 0 Å². The Kier molecular flexibility index (Phi) is 3.85. The molecule has 0 unspecified atom stereocenters. The van der Waals surface area contributed by atoms with Crippen molar-refractivity contribution in [1.29, 1.82) is 0 Å². The average Bonchev–Trinajstić information content (AvgIpc) is 2.08. The van der Waals surface area contributed by atoms with Crippen LogP contribution in [0.15, 0.2) is 0 Å². The van der Waals surface area contributed by atoms with Gasteiger partial charge in [-0.1, -0.05) is 0 Å². The second-order valence-electron chi connectivity index (χ2n) is 3.41. The Balaban J connectivity index is 2.71. The summed E-state index contributed by atoms with van der Waals surface area (Å²) in [6, 6.07) is 0. The number of rotatable bonds is 2. The minimum atomic E-state index is -4.81. The van der Waals surface area contributed by atoms with E-state index in [2.05, 4.69) is 4.52 Å². The highest BCUT2D eigenvalue weighted by Crippen LogP contribution is 2.41. The predicted octanol–water partition coefficient (Wildman–Crippen LogP) is -2.69. The van der Waals surface area contributed by atoms with Gasteiger partial charge < -0.3 is 30.2 Å². The van der Waals surface area contributed by atoms with Crippen LogP contribution in [0.1, 0.15) is 6.42 Å². The van der Waals surface area contributed by atoms with Gasteiger partial charge in [-0.05, 0) is 0 Å². The Bertz CT molecular complexity index is 264. The number of phosphoric acid groups is 1. The van der Waals surface area contributed by atoms with Gasteiger partial charge in [-0.25, -0.2) is 4.57 Å². The quantitative estimate of drug-likeness (QED) is 0.288. The van der Waals surface area contributed by atoms with Crippen molar-refractivity contribution in [2.24, 2.45) is 0 Å². The fourth-order valence-corrected chi connectivity index (χ4v) is 2.01. The van der Waals surface area contributed by atoms with E-state index >= 15 is 0 Å². The second kappa shape index (κ2) is 4.44. The first kappa shape index (κ1) is 13.0. The van der Waals surface area contributed by atoms with Gasteiger partial charge in [0.2, 0.25) is 0 Å². The van der Waals surface area contributed by atoms with Crippen LogP contribution >= 0.6 is 7.82 Å². The monoisotopic (exact) mass is 244 g/mol. The van der Waals surface area contributed by atoms with Crippen LogP contribution in [-0.4, -0.2) is 60.7 Å². The molecule has 15 heavy (non-hydrogen) atoms. The van der Waals surface area contributed by atoms with E-state index in [0.29, 0.717) is 0 Å². The van der Waals surface area contributed by atoms with Crippen molar-refractivity contribution in [2.45, 2.75) is 36.9 Å². The molecule has 1 saturated carbocycles. The van der Waals surface area contributed by atoms with Crippen LogP contribution in [-0.2, 0) is 9.09 Å². The molecule has 0 radical (unpaired) electrons. The van der Waals surface area contributed by atoms with Crippen molar-refractivity contribution in [3.05, 3.63) is 0 Å². The zero-order chi connectivity index (χ0) is 11.8. The topological polar surface area (TPSA) is 148 Å². The van der Waals surface area contributed by atoms with Crippen LogP contribution in [0.25, 0.3) is 0 Å². The van der Waals surface area contributed by atoms with E-state index < -0.39 is 38.3 Å². The van der Waals surface area contributed by atoms with E-state index in [1.807, 2.05) is 0 Å². The summed E-state index contributed by atoms with van der Waals surface area (Å²) >= 11 is 0. The SMILES string of the molecule is O=P(O)(O)O[C@@H]1C[C@H](O)[C@H](O)[C@@H](O)[C@H]1O. The zero-order valence-corrected chi connectivity index (χ0v) is 8.44. The molecule has 1 aliphatic rings. The Morgan fingerprint density at radius 3 is 2.00 bits per heavy atom. The lowest BCUT2D eigenvalue weighted by molar-refractivity contribution is -0.173. The highest BCUT2D eigenvalue weighted by Gasteiger charge is 2.44. The van der Waals surface area contributed by atoms with Crippen LogP contribution in [0.3, 0.4) is 0 Å². The van der Waals surface area contributed by atoms with Crippen LogP contribution in [0, 0.1) is 0 Å². The van der Waals surface area contributed by atoms with Crippen molar-refractivity contribution >= 4 is 7.82 Å². The van der Waals surface area contributed by atoms with Crippen LogP contribution in [0.4, 0.5) is 0 Å². The molecule has 0 heterocycles. The van der Waals surface area contributed by atoms with E-state index in [-0.39, 0.29) is 6.42 Å². The summed E-state index contributed by atoms with van der Waals surface area (Å²) in [5.74, 6) is 0. The summed E-state index contributed by atoms with van der Waals surface area (Å²) < 4.78 is 14.6. The summed E-state index contributed by atoms with van der Waals surface area (Å²) in [7, 11) is -4.81. The van der Waals surface area contributed by atoms with Gasteiger partial charge in [-0.15, -0.1) is 0 Å². The van der Waals surface area contributed by atoms with Gasteiger partial charge in [0.1, 0.15) is 24.4 Å². The number of aliphatic hydroxyl groups is 4. The summed E-state index contributed by atoms with van der Waals surface area (Å²) in [6.07, 6.45) is -8.11. The smallest absolute Gasteiger partial charge is 0.390 e. The summed E-state index contributed by atoms with van der Waals surface area (Å²) in [5, 5.41) is 36.8. The van der Waals surface area contributed by atoms with Crippen molar-refractivity contribution < 1.29 is 39.3 Å². The molecule has 0 spiro atoms. The summed E-state index contributed by atoms with van der Waals surface area (Å²) in [5.41, 5.74) is 0. The first-order chi connectivity index (χ1) is 6.72. The first-order valence-corrected chi connectivity index (χ1v) is 5.71. The Morgan fingerprint density at radius 1 is 1.00 bits per heavy atom. The van der Waals surface area contributed by atoms with Crippen molar-refractivity contribution in [3.63, 3.8) is 0 Å². The largest absolute Gasteiger partial charge is 0.469 e. The lowest BCUT2D eigenvalue weighted by atomic mass is 9.87. The summed E-state index contributed by atoms with van der Waals surface area (Å²) in [6.45, 7) is 0. The fraction of sp³-hybridized carbons (Fsp3) is 1.00. The Morgan fingerprint density at radius 2 is 1.53 bits per heavy atom. The van der Waals surface area contributed by atoms with Crippen LogP contribution < -0.4 is 0 Å². The molecule has 0 aromatic heterocycles. The molecule has 0 amide bonds. The molecule has 8 nitrogen and oxygen atoms in total. The third-order valence-corrected chi connectivity index (χ3v) is 2.77. The molecular formula is C6H13O8P. The molecule has 1 fully saturated rings. The normalized spacial score (nSPS) is 42.9. The van der Waals surface area contributed by atoms with Gasteiger partial charge in [0.05, 0.1) is 6.10 Å². The zero-order valence-electron chi connectivity index (χ0n) is 7.54. The van der Waals surface area contributed by atoms with Gasteiger partial charge in [0, 0.05) is 6.42 Å². The molecule has 0 bridgehead atoms. The minimum Gasteiger partial charge on any atom is -0.390 e. The van der Waals surface area contributed by atoms with Gasteiger partial charge in [-0.3, -0.25) is 4.52 Å². The molecular weight excluding hydrogens is 231 g/mol. The molecule has 1 aliphatic carbocycles. The van der Waals surface area contributed by atoms with E-state index in [4.69, 9.17) is 14.9 Å². The average molecular weight is 244 g/mol. The Labute approximate surface area is 85.0 Å². The predicted molar refractivity (Wildman–Crippen MR) is 45.6 cm³/mol. The van der Waals surface area contributed by atoms with Gasteiger partial charge in [0.15, 0.2) is 0 Å². The summed E-state index contributed by atoms with van der Waals surface area (Å²) in [4.78, 5) is 17.0. The van der Waals surface area contributed by atoms with Crippen molar-refractivity contribution in [1.82, 2.24) is 0 Å². The lowest BCUT2D eigenvalue weighted by Gasteiger charge is -2.37. The maximum absolute atomic E-state index is 10.5. The maximum Gasteiger partial charge on any atom is 0.469 e. The molecule has 6 N–H and O–H groups in total. The van der Waals surface area contributed by atoms with E-state index in [1.54, 1.807) is 0 Å². The molecule has 0 saturated heterocycles.